The summed E-state index contributed by atoms with van der Waals surface area (Å²) in [6.07, 6.45) is 3.65. The molecule has 0 atom stereocenters. The third-order valence-corrected chi connectivity index (χ3v) is 7.43. The number of hydrogen-bond acceptors (Lipinski definition) is 6. The number of aryl methyl sites for hydroxylation is 1. The number of nitrogens with zero attached hydrogens (tertiary/aromatic N) is 2. The van der Waals surface area contributed by atoms with Gasteiger partial charge in [0.25, 0.3) is 0 Å². The third-order valence-electron chi connectivity index (χ3n) is 4.35. The summed E-state index contributed by atoms with van der Waals surface area (Å²) in [6, 6.07) is 9.70. The molecule has 3 aromatic rings. The van der Waals surface area contributed by atoms with E-state index in [-0.39, 0.29) is 29.6 Å². The number of nitrogens with one attached hydrogen (secondary N) is 1. The molecule has 29 heavy (non-hydrogen) atoms. The van der Waals surface area contributed by atoms with Gasteiger partial charge in [-0.3, -0.25) is 0 Å². The van der Waals surface area contributed by atoms with Crippen molar-refractivity contribution in [1.82, 2.24) is 14.1 Å². The highest BCUT2D eigenvalue weighted by atomic mass is 32.2. The predicted molar refractivity (Wildman–Crippen MR) is 110 cm³/mol. The fourth-order valence-corrected chi connectivity index (χ4v) is 4.24. The summed E-state index contributed by atoms with van der Waals surface area (Å²) in [6.45, 7) is 3.63. The van der Waals surface area contributed by atoms with E-state index in [1.54, 1.807) is 13.1 Å². The van der Waals surface area contributed by atoms with Gasteiger partial charge < -0.3 is 9.14 Å². The van der Waals surface area contributed by atoms with Crippen molar-refractivity contribution in [2.75, 3.05) is 18.1 Å². The van der Waals surface area contributed by atoms with Crippen LogP contribution in [0.3, 0.4) is 0 Å². The summed E-state index contributed by atoms with van der Waals surface area (Å²) < 4.78 is 57.7. The zero-order valence-corrected chi connectivity index (χ0v) is 17.8. The molecule has 3 rings (SSSR count). The summed E-state index contributed by atoms with van der Waals surface area (Å²) in [5.41, 5.74) is 2.44. The predicted octanol–water partition coefficient (Wildman–Crippen LogP) is 1.93. The van der Waals surface area contributed by atoms with Crippen LogP contribution in [0.4, 0.5) is 0 Å². The highest BCUT2D eigenvalue weighted by molar-refractivity contribution is 7.91. The summed E-state index contributed by atoms with van der Waals surface area (Å²) in [4.78, 5) is 4.50. The average Bonchev–Trinajstić information content (AvgIpc) is 3.09. The Bertz CT molecular complexity index is 1200. The lowest BCUT2D eigenvalue weighted by Crippen LogP contribution is -2.23. The lowest BCUT2D eigenvalue weighted by molar-refractivity contribution is 0.340. The van der Waals surface area contributed by atoms with Gasteiger partial charge in [-0.15, -0.1) is 0 Å². The molecule has 2 aromatic heterocycles. The monoisotopic (exact) mass is 437 g/mol. The molecular formula is C19H23N3O5S2. The van der Waals surface area contributed by atoms with Gasteiger partial charge in [0, 0.05) is 18.1 Å². The number of fused-ring (bicyclic) bond motifs is 1. The first kappa shape index (κ1) is 21.3. The molecule has 8 nitrogen and oxygen atoms in total. The van der Waals surface area contributed by atoms with Crippen molar-refractivity contribution in [2.24, 2.45) is 0 Å². The minimum Gasteiger partial charge on any atom is -0.493 e. The van der Waals surface area contributed by atoms with Crippen molar-refractivity contribution >= 4 is 25.5 Å². The zero-order valence-electron chi connectivity index (χ0n) is 16.2. The highest BCUT2D eigenvalue weighted by Crippen LogP contribution is 2.16. The van der Waals surface area contributed by atoms with Crippen LogP contribution in [0.15, 0.2) is 53.7 Å². The van der Waals surface area contributed by atoms with E-state index < -0.39 is 19.9 Å². The second-order valence-corrected chi connectivity index (χ2v) is 10.8. The van der Waals surface area contributed by atoms with Crippen LogP contribution in [0.2, 0.25) is 0 Å². The minimum atomic E-state index is -3.72. The molecule has 156 valence electrons. The minimum absolute atomic E-state index is 0.0217. The molecule has 0 spiro atoms. The van der Waals surface area contributed by atoms with Gasteiger partial charge >= 0.3 is 0 Å². The fraction of sp³-hybridized carbons (Fsp3) is 0.316. The van der Waals surface area contributed by atoms with Crippen LogP contribution in [0, 0.1) is 6.92 Å². The maximum absolute atomic E-state index is 12.5. The average molecular weight is 438 g/mol. The van der Waals surface area contributed by atoms with E-state index >= 15 is 0 Å². The van der Waals surface area contributed by atoms with Crippen molar-refractivity contribution in [1.29, 1.82) is 0 Å². The smallest absolute Gasteiger partial charge is 0.240 e. The molecule has 0 aliphatic carbocycles. The van der Waals surface area contributed by atoms with Gasteiger partial charge in [-0.1, -0.05) is 6.92 Å². The molecule has 0 aliphatic heterocycles. The first-order chi connectivity index (χ1) is 13.7. The maximum atomic E-state index is 12.5. The number of rotatable bonds is 9. The van der Waals surface area contributed by atoms with E-state index in [0.717, 1.165) is 11.2 Å². The summed E-state index contributed by atoms with van der Waals surface area (Å²) in [5, 5.41) is 0. The van der Waals surface area contributed by atoms with Gasteiger partial charge in [-0.05, 0) is 48.9 Å². The van der Waals surface area contributed by atoms with Crippen molar-refractivity contribution in [3.8, 4) is 5.75 Å². The fourth-order valence-electron chi connectivity index (χ4n) is 2.62. The highest BCUT2D eigenvalue weighted by Gasteiger charge is 2.15. The zero-order chi connectivity index (χ0) is 21.1. The van der Waals surface area contributed by atoms with E-state index in [4.69, 9.17) is 4.74 Å². The molecule has 0 bridgehead atoms. The van der Waals surface area contributed by atoms with Crippen LogP contribution in [0.1, 0.15) is 18.2 Å². The molecule has 0 saturated heterocycles. The van der Waals surface area contributed by atoms with E-state index in [1.165, 1.54) is 24.3 Å². The van der Waals surface area contributed by atoms with Gasteiger partial charge in [0.15, 0.2) is 9.84 Å². The van der Waals surface area contributed by atoms with Crippen molar-refractivity contribution in [3.63, 3.8) is 0 Å². The topological polar surface area (TPSA) is 107 Å². The Morgan fingerprint density at radius 1 is 1.10 bits per heavy atom. The lowest BCUT2D eigenvalue weighted by Gasteiger charge is -2.08. The quantitative estimate of drug-likeness (QED) is 0.548. The molecule has 1 N–H and O–H groups in total. The maximum Gasteiger partial charge on any atom is 0.240 e. The van der Waals surface area contributed by atoms with Crippen molar-refractivity contribution in [3.05, 3.63) is 60.0 Å². The summed E-state index contributed by atoms with van der Waals surface area (Å²) in [7, 11) is -6.82. The van der Waals surface area contributed by atoms with Crippen molar-refractivity contribution in [2.45, 2.75) is 25.3 Å². The SMILES string of the molecule is CCS(=O)(=O)CCOc1ccc(S(=O)(=O)NCc2cn3ccc(C)cc3n2)cc1. The normalized spacial score (nSPS) is 12.3. The molecule has 0 aliphatic rings. The Morgan fingerprint density at radius 3 is 2.52 bits per heavy atom. The summed E-state index contributed by atoms with van der Waals surface area (Å²) >= 11 is 0. The second-order valence-electron chi connectivity index (χ2n) is 6.58. The molecule has 0 amide bonds. The molecule has 0 saturated carbocycles. The molecule has 2 heterocycles. The number of imidazole rings is 1. The number of hydrogen-bond donors (Lipinski definition) is 1. The number of pyridine rings is 1. The Kier molecular flexibility index (Phi) is 6.25. The van der Waals surface area contributed by atoms with Crippen LogP contribution in [-0.2, 0) is 26.4 Å². The second kappa shape index (κ2) is 8.52. The number of sulfone groups is 1. The molecule has 0 fully saturated rings. The van der Waals surface area contributed by atoms with Crippen LogP contribution in [0.5, 0.6) is 5.75 Å². The Labute approximate surface area is 170 Å². The van der Waals surface area contributed by atoms with Crippen LogP contribution in [-0.4, -0.2) is 44.3 Å². The van der Waals surface area contributed by atoms with E-state index in [9.17, 15) is 16.8 Å². The Morgan fingerprint density at radius 2 is 1.83 bits per heavy atom. The largest absolute Gasteiger partial charge is 0.493 e. The van der Waals surface area contributed by atoms with Gasteiger partial charge in [0.05, 0.1) is 22.9 Å². The van der Waals surface area contributed by atoms with Gasteiger partial charge in [0.1, 0.15) is 18.0 Å². The number of aromatic nitrogens is 2. The standard InChI is InChI=1S/C19H23N3O5S2/c1-3-28(23,24)11-10-27-17-4-6-18(7-5-17)29(25,26)20-13-16-14-22-9-8-15(2)12-19(22)21-16/h4-9,12,14,20H,3,10-11,13H2,1-2H3. The van der Waals surface area contributed by atoms with Gasteiger partial charge in [-0.2, -0.15) is 0 Å². The third kappa shape index (κ3) is 5.55. The molecule has 0 unspecified atom stereocenters. The first-order valence-corrected chi connectivity index (χ1v) is 12.4. The molecule has 1 aromatic carbocycles. The van der Waals surface area contributed by atoms with E-state index in [1.807, 2.05) is 29.7 Å². The van der Waals surface area contributed by atoms with Crippen molar-refractivity contribution < 1.29 is 21.6 Å². The lowest BCUT2D eigenvalue weighted by atomic mass is 10.3. The summed E-state index contributed by atoms with van der Waals surface area (Å²) in [5.74, 6) is 0.389. The molecule has 10 heteroatoms. The van der Waals surface area contributed by atoms with Crippen LogP contribution >= 0.6 is 0 Å². The van der Waals surface area contributed by atoms with Gasteiger partial charge in [-0.25, -0.2) is 26.5 Å². The number of sulfonamides is 1. The number of benzene rings is 1. The molecular weight excluding hydrogens is 414 g/mol. The number of ether oxygens (including phenoxy) is 1. The van der Waals surface area contributed by atoms with E-state index in [2.05, 4.69) is 9.71 Å². The Hall–Kier alpha value is -2.43. The molecule has 0 radical (unpaired) electrons. The van der Waals surface area contributed by atoms with Crippen LogP contribution < -0.4 is 9.46 Å². The Balaban J connectivity index is 1.61. The van der Waals surface area contributed by atoms with Gasteiger partial charge in [0.2, 0.25) is 10.0 Å². The first-order valence-electron chi connectivity index (χ1n) is 9.06. The van der Waals surface area contributed by atoms with Crippen LogP contribution in [0.25, 0.3) is 5.65 Å². The van der Waals surface area contributed by atoms with E-state index in [0.29, 0.717) is 11.4 Å².